The minimum atomic E-state index is 0.206. The third kappa shape index (κ3) is 14.5. The molecule has 0 bridgehead atoms. The van der Waals surface area contributed by atoms with Crippen molar-refractivity contribution in [2.45, 2.75) is 6.92 Å². The smallest absolute Gasteiger partial charge is 0.140 e. The molecule has 0 saturated heterocycles. The number of H-pyrrole nitrogens is 8. The predicted molar refractivity (Wildman–Crippen MR) is 490 cm³/mol. The second kappa shape index (κ2) is 31.7. The number of hydrogen-bond donors (Lipinski definition) is 11. The fourth-order valence-corrected chi connectivity index (χ4v) is 16.4. The van der Waals surface area contributed by atoms with Crippen LogP contribution < -0.4 is 5.73 Å². The van der Waals surface area contributed by atoms with Crippen LogP contribution in [0.15, 0.2) is 361 Å². The van der Waals surface area contributed by atoms with Crippen LogP contribution in [0.1, 0.15) is 5.69 Å². The highest BCUT2D eigenvalue weighted by Crippen LogP contribution is 2.44. The lowest BCUT2D eigenvalue weighted by Gasteiger charge is -2.07. The summed E-state index contributed by atoms with van der Waals surface area (Å²) in [7, 11) is 0. The van der Waals surface area contributed by atoms with Gasteiger partial charge in [-0.2, -0.15) is 0 Å². The Kier molecular flexibility index (Phi) is 19.7. The van der Waals surface area contributed by atoms with Gasteiger partial charge in [-0.05, 0) is 138 Å². The van der Waals surface area contributed by atoms with E-state index in [-0.39, 0.29) is 11.5 Å². The van der Waals surface area contributed by atoms with E-state index in [9.17, 15) is 10.2 Å². The summed E-state index contributed by atoms with van der Waals surface area (Å²) >= 11 is 7.14. The molecule has 8 heterocycles. The van der Waals surface area contributed by atoms with Crippen LogP contribution in [0.25, 0.3) is 201 Å². The molecule has 8 aromatic heterocycles. The van der Waals surface area contributed by atoms with Gasteiger partial charge in [0.25, 0.3) is 0 Å². The predicted octanol–water partition coefficient (Wildman–Crippen LogP) is 26.7. The Morgan fingerprint density at radius 2 is 0.610 bits per heavy atom. The fraction of sp³-hybridized carbons (Fsp3) is 0.00990. The number of imidazole rings is 4. The number of nitrogens with two attached hydrogens (primary N) is 1. The summed E-state index contributed by atoms with van der Waals surface area (Å²) in [5, 5.41) is 28.7. The van der Waals surface area contributed by atoms with Crippen molar-refractivity contribution < 1.29 is 10.2 Å². The number of aryl methyl sites for hydroxylation is 1. The van der Waals surface area contributed by atoms with Crippen LogP contribution in [0, 0.1) is 6.92 Å². The number of hydrogen-bond acceptors (Lipinski definition) is 7. The van der Waals surface area contributed by atoms with Crippen molar-refractivity contribution in [1.29, 1.82) is 0 Å². The standard InChI is InChI=1S/C28H21N3.C27H18BrN3.C23H16BrN3O2.C23H18N4/c1-18-25(23-15-7-8-17-24(23)29-18)28-30-26(20-11-3-2-4-12-20)27(31-28)22-16-9-13-19-10-5-6-14-21(19)22;28-19-13-14-24-22(15-19)23(16-29-24)27-30-25(18-8-2-1-3-9-18)26(31-27)21-12-6-10-17-7-4-5-11-20(17)21;24-15-5-10-20-18(11-15)19(12-25-20)23-26-21(13-1-6-16(28)7-2-13)22(27-23)14-3-8-17(29)9-4-14;24-17-12-10-16(11-13-17)22-21(15-6-2-1-3-7-15)26-23(27-22)19-14-25-20-9-5-4-8-18(19)20/h2-17,29H,1H3,(H,30,31);1-16,29H,(H,30,31);1-12,25,28-29H,(H,26,27);1-14,25H,24H2,(H,26,27). The first-order valence-corrected chi connectivity index (χ1v) is 40.2. The number of benzene rings is 14. The van der Waals surface area contributed by atoms with Gasteiger partial charge in [0.1, 0.15) is 34.8 Å². The van der Waals surface area contributed by atoms with Crippen LogP contribution in [-0.2, 0) is 0 Å². The number of fused-ring (bicyclic) bond motifs is 6. The number of anilines is 1. The Labute approximate surface area is 694 Å². The van der Waals surface area contributed by atoms with Crippen LogP contribution in [0.4, 0.5) is 5.69 Å². The van der Waals surface area contributed by atoms with E-state index in [0.29, 0.717) is 0 Å². The van der Waals surface area contributed by atoms with Crippen LogP contribution in [0.2, 0.25) is 0 Å². The summed E-state index contributed by atoms with van der Waals surface area (Å²) in [5.41, 5.74) is 32.2. The molecule has 0 saturated carbocycles. The highest BCUT2D eigenvalue weighted by molar-refractivity contribution is 9.10. The Morgan fingerprint density at radius 1 is 0.271 bits per heavy atom. The first-order chi connectivity index (χ1) is 57.9. The maximum absolute atomic E-state index is 9.66. The molecule has 0 aliphatic rings. The van der Waals surface area contributed by atoms with Gasteiger partial charge in [-0.15, -0.1) is 0 Å². The molecule has 0 fully saturated rings. The van der Waals surface area contributed by atoms with Crippen molar-refractivity contribution in [1.82, 2.24) is 59.8 Å². The summed E-state index contributed by atoms with van der Waals surface area (Å²) < 4.78 is 2.04. The molecule has 14 aromatic carbocycles. The SMILES string of the molecule is Brc1ccc2[nH]cc(-c3nc(-c4ccccc4)c(-c4cccc5ccccc45)[nH]3)c2c1.Cc1[nH]c2ccccc2c1-c1nc(-c2ccccc2)c(-c2cccc3ccccc23)[nH]1.Nc1ccc(-c2[nH]c(-c3c[nH]c4ccccc34)nc2-c2ccccc2)cc1.Oc1ccc(-c2nc(-c3c[nH]c4ccc(Br)cc34)[nH]c2-c2ccc(O)cc2)cc1. The lowest BCUT2D eigenvalue weighted by atomic mass is 9.99. The largest absolute Gasteiger partial charge is 0.508 e. The first kappa shape index (κ1) is 73.2. The van der Waals surface area contributed by atoms with E-state index in [1.165, 1.54) is 26.9 Å². The quantitative estimate of drug-likeness (QED) is 0.0528. The van der Waals surface area contributed by atoms with Gasteiger partial charge in [0.15, 0.2) is 0 Å². The molecule has 12 N–H and O–H groups in total. The maximum atomic E-state index is 9.66. The van der Waals surface area contributed by atoms with Gasteiger partial charge in [0.2, 0.25) is 0 Å². The Hall–Kier alpha value is -15.0. The molecular formula is C101H73Br2N13O2. The average molecular weight is 1660 g/mol. The van der Waals surface area contributed by atoms with Gasteiger partial charge < -0.3 is 55.8 Å². The topological polar surface area (TPSA) is 244 Å². The summed E-state index contributed by atoms with van der Waals surface area (Å²) in [6, 6.07) is 112. The third-order valence-electron chi connectivity index (χ3n) is 21.3. The number of rotatable bonds is 12. The van der Waals surface area contributed by atoms with Crippen molar-refractivity contribution in [2.75, 3.05) is 5.73 Å². The number of aromatic nitrogens is 12. The molecule has 0 aliphatic heterocycles. The number of phenols is 2. The van der Waals surface area contributed by atoms with Gasteiger partial charge in [0.05, 0.1) is 45.6 Å². The molecule has 17 heteroatoms. The number of para-hydroxylation sites is 2. The number of aromatic hydroxyl groups is 2. The minimum absolute atomic E-state index is 0.206. The molecule has 22 aromatic rings. The van der Waals surface area contributed by atoms with Gasteiger partial charge in [-0.3, -0.25) is 0 Å². The van der Waals surface area contributed by atoms with Crippen molar-refractivity contribution in [3.8, 4) is 147 Å². The van der Waals surface area contributed by atoms with Crippen molar-refractivity contribution in [3.05, 3.63) is 367 Å². The third-order valence-corrected chi connectivity index (χ3v) is 22.3. The zero-order chi connectivity index (χ0) is 79.7. The number of nitrogens with one attached hydrogen (secondary N) is 8. The first-order valence-electron chi connectivity index (χ1n) is 38.6. The fourth-order valence-electron chi connectivity index (χ4n) is 15.6. The summed E-state index contributed by atoms with van der Waals surface area (Å²) in [5.74, 6) is 3.74. The van der Waals surface area contributed by atoms with Crippen LogP contribution in [-0.4, -0.2) is 70.0 Å². The number of aromatic amines is 8. The van der Waals surface area contributed by atoms with Gasteiger partial charge in [-0.25, -0.2) is 19.9 Å². The zero-order valence-corrected chi connectivity index (χ0v) is 66.7. The summed E-state index contributed by atoms with van der Waals surface area (Å²) in [6.07, 6.45) is 5.97. The maximum Gasteiger partial charge on any atom is 0.140 e. The van der Waals surface area contributed by atoms with Crippen LogP contribution in [0.5, 0.6) is 11.5 Å². The van der Waals surface area contributed by atoms with Crippen molar-refractivity contribution in [3.63, 3.8) is 0 Å². The molecule has 0 radical (unpaired) electrons. The van der Waals surface area contributed by atoms with Gasteiger partial charge in [-0.1, -0.05) is 256 Å². The molecule has 0 aliphatic carbocycles. The molecule has 15 nitrogen and oxygen atoms in total. The van der Waals surface area contributed by atoms with E-state index in [1.807, 2.05) is 128 Å². The lowest BCUT2D eigenvalue weighted by Crippen LogP contribution is -1.86. The second-order valence-corrected chi connectivity index (χ2v) is 30.6. The number of halogens is 2. The van der Waals surface area contributed by atoms with E-state index < -0.39 is 0 Å². The molecular weight excluding hydrogens is 1590 g/mol. The molecule has 0 unspecified atom stereocenters. The summed E-state index contributed by atoms with van der Waals surface area (Å²) in [4.78, 5) is 47.9. The van der Waals surface area contributed by atoms with Crippen LogP contribution >= 0.6 is 31.9 Å². The van der Waals surface area contributed by atoms with E-state index in [0.717, 1.165) is 194 Å². The lowest BCUT2D eigenvalue weighted by molar-refractivity contribution is 0.475. The monoisotopic (exact) mass is 1660 g/mol. The van der Waals surface area contributed by atoms with Crippen molar-refractivity contribution >= 4 is 103 Å². The average Bonchev–Trinajstić information content (AvgIpc) is 1.61. The molecule has 0 spiro atoms. The number of nitrogens with zero attached hydrogens (tertiary/aromatic N) is 4. The molecule has 0 amide bonds. The molecule has 118 heavy (non-hydrogen) atoms. The molecule has 22 rings (SSSR count). The minimum Gasteiger partial charge on any atom is -0.508 e. The van der Waals surface area contributed by atoms with E-state index in [4.69, 9.17) is 25.7 Å². The van der Waals surface area contributed by atoms with Gasteiger partial charge in [0, 0.05) is 149 Å². The number of nitrogen functional groups attached to an aromatic ring is 1. The Morgan fingerprint density at radius 3 is 1.08 bits per heavy atom. The van der Waals surface area contributed by atoms with E-state index in [1.54, 1.807) is 24.3 Å². The van der Waals surface area contributed by atoms with E-state index >= 15 is 0 Å². The zero-order valence-electron chi connectivity index (χ0n) is 63.5. The van der Waals surface area contributed by atoms with Crippen LogP contribution in [0.3, 0.4) is 0 Å². The Balaban J connectivity index is 0.000000105. The Bertz CT molecular complexity index is 7300. The normalized spacial score (nSPS) is 11.3. The number of phenolic OH excluding ortho intramolecular Hbond substituents is 2. The molecule has 568 valence electrons. The second-order valence-electron chi connectivity index (χ2n) is 28.8. The van der Waals surface area contributed by atoms with Crippen molar-refractivity contribution in [2.24, 2.45) is 0 Å². The highest BCUT2D eigenvalue weighted by atomic mass is 79.9. The van der Waals surface area contributed by atoms with Gasteiger partial charge >= 0.3 is 0 Å². The highest BCUT2D eigenvalue weighted by Gasteiger charge is 2.25. The summed E-state index contributed by atoms with van der Waals surface area (Å²) in [6.45, 7) is 2.11. The van der Waals surface area contributed by atoms with E-state index in [2.05, 4.69) is 279 Å². The molecule has 0 atom stereocenters.